The van der Waals surface area contributed by atoms with E-state index in [4.69, 9.17) is 0 Å². The van der Waals surface area contributed by atoms with Gasteiger partial charge in [0.05, 0.1) is 18.5 Å². The summed E-state index contributed by atoms with van der Waals surface area (Å²) in [6, 6.07) is 0. The summed E-state index contributed by atoms with van der Waals surface area (Å²) in [4.78, 5) is 11.6. The molecule has 6 atom stereocenters. The second-order valence-corrected chi connectivity index (χ2v) is 11.9. The number of rotatable bonds is 12. The Labute approximate surface area is 180 Å². The lowest BCUT2D eigenvalue weighted by molar-refractivity contribution is -0.119. The summed E-state index contributed by atoms with van der Waals surface area (Å²) in [5.41, 5.74) is 0. The Morgan fingerprint density at radius 3 is 2.69 bits per heavy atom. The summed E-state index contributed by atoms with van der Waals surface area (Å²) >= 11 is 1.96. The lowest BCUT2D eigenvalue weighted by Crippen LogP contribution is -2.28. The SMILES string of the molecule is CCCCC[C@H](O)/C=C/[C@@H]1[C@H]2CC(CCCCC(=O)NS(C)(=O)=O)S[C@@H]2C[C@H]1O. The number of hydrogen-bond acceptors (Lipinski definition) is 6. The molecule has 1 unspecified atom stereocenters. The molecule has 1 saturated heterocycles. The molecule has 2 rings (SSSR count). The van der Waals surface area contributed by atoms with Gasteiger partial charge in [-0.2, -0.15) is 11.8 Å². The van der Waals surface area contributed by atoms with E-state index in [2.05, 4.69) is 6.92 Å². The first kappa shape index (κ1) is 24.7. The molecule has 3 N–H and O–H groups in total. The summed E-state index contributed by atoms with van der Waals surface area (Å²) in [5, 5.41) is 21.6. The fraction of sp³-hybridized carbons (Fsp3) is 0.857. The van der Waals surface area contributed by atoms with Gasteiger partial charge in [-0.15, -0.1) is 0 Å². The van der Waals surface area contributed by atoms with Gasteiger partial charge in [-0.3, -0.25) is 9.52 Å². The molecule has 0 bridgehead atoms. The molecule has 1 aliphatic heterocycles. The number of carbonyl (C=O) groups excluding carboxylic acids is 1. The topological polar surface area (TPSA) is 104 Å². The van der Waals surface area contributed by atoms with Crippen LogP contribution in [0.1, 0.15) is 71.1 Å². The molecular weight excluding hydrogens is 410 g/mol. The highest BCUT2D eigenvalue weighted by atomic mass is 32.2. The van der Waals surface area contributed by atoms with E-state index in [9.17, 15) is 23.4 Å². The fourth-order valence-electron chi connectivity index (χ4n) is 4.50. The van der Waals surface area contributed by atoms with E-state index in [1.54, 1.807) is 0 Å². The molecule has 0 aromatic heterocycles. The first-order chi connectivity index (χ1) is 13.7. The predicted octanol–water partition coefficient (Wildman–Crippen LogP) is 2.99. The Kier molecular flexibility index (Phi) is 9.98. The zero-order valence-corrected chi connectivity index (χ0v) is 19.3. The van der Waals surface area contributed by atoms with Crippen LogP contribution in [-0.2, 0) is 14.8 Å². The number of nitrogens with one attached hydrogen (secondary N) is 1. The highest BCUT2D eigenvalue weighted by Crippen LogP contribution is 2.52. The van der Waals surface area contributed by atoms with E-state index in [1.165, 1.54) is 0 Å². The van der Waals surface area contributed by atoms with Crippen molar-refractivity contribution in [3.63, 3.8) is 0 Å². The number of hydrogen-bond donors (Lipinski definition) is 3. The molecule has 1 heterocycles. The molecule has 1 aliphatic carbocycles. The molecular formula is C21H37NO5S2. The van der Waals surface area contributed by atoms with Gasteiger partial charge in [-0.1, -0.05) is 44.8 Å². The van der Waals surface area contributed by atoms with Crippen LogP contribution >= 0.6 is 11.8 Å². The maximum Gasteiger partial charge on any atom is 0.233 e. The second kappa shape index (κ2) is 11.7. The van der Waals surface area contributed by atoms with Crippen molar-refractivity contribution < 1.29 is 23.4 Å². The molecule has 2 fully saturated rings. The third kappa shape index (κ3) is 8.59. The van der Waals surface area contributed by atoms with Crippen molar-refractivity contribution in [2.24, 2.45) is 11.8 Å². The van der Waals surface area contributed by atoms with Crippen molar-refractivity contribution in [2.45, 2.75) is 93.8 Å². The van der Waals surface area contributed by atoms with Crippen molar-refractivity contribution in [3.8, 4) is 0 Å². The van der Waals surface area contributed by atoms with E-state index >= 15 is 0 Å². The molecule has 6 nitrogen and oxygen atoms in total. The minimum atomic E-state index is -3.47. The highest BCUT2D eigenvalue weighted by molar-refractivity contribution is 8.00. The van der Waals surface area contributed by atoms with Gasteiger partial charge in [0.25, 0.3) is 0 Å². The van der Waals surface area contributed by atoms with Crippen LogP contribution in [0, 0.1) is 11.8 Å². The van der Waals surface area contributed by atoms with E-state index < -0.39 is 22.0 Å². The van der Waals surface area contributed by atoms with Crippen molar-refractivity contribution in [2.75, 3.05) is 6.26 Å². The Bertz CT molecular complexity index is 651. The maximum atomic E-state index is 11.6. The third-order valence-electron chi connectivity index (χ3n) is 5.93. The molecule has 8 heteroatoms. The fourth-order valence-corrected chi connectivity index (χ4v) is 6.95. The van der Waals surface area contributed by atoms with Crippen LogP contribution in [0.15, 0.2) is 12.2 Å². The number of aliphatic hydroxyl groups excluding tert-OH is 2. The predicted molar refractivity (Wildman–Crippen MR) is 118 cm³/mol. The van der Waals surface area contributed by atoms with E-state index in [0.29, 0.717) is 22.8 Å². The molecule has 0 spiro atoms. The van der Waals surface area contributed by atoms with Crippen LogP contribution in [-0.4, -0.2) is 53.5 Å². The lowest BCUT2D eigenvalue weighted by atomic mass is 9.89. The minimum absolute atomic E-state index is 0.124. The molecule has 0 radical (unpaired) electrons. The number of aliphatic hydroxyl groups is 2. The number of carbonyl (C=O) groups is 1. The minimum Gasteiger partial charge on any atom is -0.392 e. The largest absolute Gasteiger partial charge is 0.392 e. The Hall–Kier alpha value is -0.570. The summed E-state index contributed by atoms with van der Waals surface area (Å²) < 4.78 is 24.1. The average Bonchev–Trinajstić information content (AvgIpc) is 3.12. The second-order valence-electron chi connectivity index (χ2n) is 8.57. The number of thioether (sulfide) groups is 1. The molecule has 0 aromatic carbocycles. The van der Waals surface area contributed by atoms with Gasteiger partial charge in [-0.25, -0.2) is 8.42 Å². The van der Waals surface area contributed by atoms with Crippen molar-refractivity contribution in [1.82, 2.24) is 4.72 Å². The zero-order valence-electron chi connectivity index (χ0n) is 17.6. The van der Waals surface area contributed by atoms with Gasteiger partial charge in [0.15, 0.2) is 0 Å². The van der Waals surface area contributed by atoms with Crippen LogP contribution < -0.4 is 4.72 Å². The molecule has 168 valence electrons. The van der Waals surface area contributed by atoms with Gasteiger partial charge in [0, 0.05) is 22.8 Å². The monoisotopic (exact) mass is 447 g/mol. The molecule has 2 aliphatic rings. The number of sulfonamides is 1. The lowest BCUT2D eigenvalue weighted by Gasteiger charge is -2.18. The Balaban J connectivity index is 1.72. The normalized spacial score (nSPS) is 30.6. The van der Waals surface area contributed by atoms with E-state index in [1.807, 2.05) is 28.6 Å². The zero-order chi connectivity index (χ0) is 21.4. The standard InChI is InChI=1S/C21H37NO5S2/c1-3-4-5-8-15(23)11-12-17-18-13-16(28-20(18)14-19(17)24)9-6-7-10-21(25)22-29(2,26)27/h11-12,15-20,23-24H,3-10,13-14H2,1-2H3,(H,22,25)/b12-11+/t15-,16?,17+,18+,19+,20+/m0/s1. The molecule has 29 heavy (non-hydrogen) atoms. The number of unbranched alkanes of at least 4 members (excludes halogenated alkanes) is 3. The van der Waals surface area contributed by atoms with E-state index in [-0.39, 0.29) is 18.4 Å². The van der Waals surface area contributed by atoms with Crippen LogP contribution in [0.5, 0.6) is 0 Å². The van der Waals surface area contributed by atoms with Crippen LogP contribution in [0.3, 0.4) is 0 Å². The van der Waals surface area contributed by atoms with Crippen molar-refractivity contribution in [3.05, 3.63) is 12.2 Å². The maximum absolute atomic E-state index is 11.6. The van der Waals surface area contributed by atoms with E-state index in [0.717, 1.165) is 57.6 Å². The highest BCUT2D eigenvalue weighted by Gasteiger charge is 2.47. The van der Waals surface area contributed by atoms with Gasteiger partial charge in [-0.05, 0) is 38.0 Å². The van der Waals surface area contributed by atoms with Gasteiger partial charge in [0.2, 0.25) is 15.9 Å². The Morgan fingerprint density at radius 2 is 2.00 bits per heavy atom. The average molecular weight is 448 g/mol. The van der Waals surface area contributed by atoms with Crippen LogP contribution in [0.4, 0.5) is 0 Å². The van der Waals surface area contributed by atoms with Crippen LogP contribution in [0.2, 0.25) is 0 Å². The number of fused-ring (bicyclic) bond motifs is 1. The first-order valence-electron chi connectivity index (χ1n) is 10.9. The smallest absolute Gasteiger partial charge is 0.233 e. The molecule has 1 saturated carbocycles. The molecule has 1 amide bonds. The van der Waals surface area contributed by atoms with Crippen molar-refractivity contribution >= 4 is 27.7 Å². The Morgan fingerprint density at radius 1 is 1.24 bits per heavy atom. The quantitative estimate of drug-likeness (QED) is 0.314. The summed E-state index contributed by atoms with van der Waals surface area (Å²) in [6.45, 7) is 2.15. The number of amides is 1. The van der Waals surface area contributed by atoms with Crippen molar-refractivity contribution in [1.29, 1.82) is 0 Å². The van der Waals surface area contributed by atoms with Gasteiger partial charge < -0.3 is 10.2 Å². The summed E-state index contributed by atoms with van der Waals surface area (Å²) in [7, 11) is -3.47. The third-order valence-corrected chi connectivity index (χ3v) is 8.23. The first-order valence-corrected chi connectivity index (χ1v) is 13.7. The summed E-state index contributed by atoms with van der Waals surface area (Å²) in [6.07, 6.45) is 13.0. The van der Waals surface area contributed by atoms with Gasteiger partial charge >= 0.3 is 0 Å². The summed E-state index contributed by atoms with van der Waals surface area (Å²) in [5.74, 6) is 0.140. The molecule has 0 aromatic rings. The van der Waals surface area contributed by atoms with Gasteiger partial charge in [0.1, 0.15) is 0 Å². The van der Waals surface area contributed by atoms with Crippen LogP contribution in [0.25, 0.3) is 0 Å².